The Hall–Kier alpha value is -2.25. The molecule has 5 nitrogen and oxygen atoms in total. The summed E-state index contributed by atoms with van der Waals surface area (Å²) in [6.07, 6.45) is -0.804. The van der Waals surface area contributed by atoms with Crippen LogP contribution in [0.15, 0.2) is 47.4 Å². The van der Waals surface area contributed by atoms with Gasteiger partial charge in [-0.15, -0.1) is 0 Å². The normalized spacial score (nSPS) is 12.6. The predicted octanol–water partition coefficient (Wildman–Crippen LogP) is 3.35. The molecule has 0 saturated heterocycles. The van der Waals surface area contributed by atoms with Crippen molar-refractivity contribution >= 4 is 16.0 Å². The van der Waals surface area contributed by atoms with Crippen LogP contribution in [0.2, 0.25) is 0 Å². The maximum Gasteiger partial charge on any atom is 0.339 e. The van der Waals surface area contributed by atoms with E-state index in [1.165, 1.54) is 30.3 Å². The molecule has 0 aromatic heterocycles. The molecule has 0 aliphatic heterocycles. The fraction of sp³-hybridized carbons (Fsp3) is 0.278. The van der Waals surface area contributed by atoms with E-state index < -0.39 is 27.9 Å². The maximum atomic E-state index is 13.8. The first kappa shape index (κ1) is 19.1. The molecule has 1 N–H and O–H groups in total. The lowest BCUT2D eigenvalue weighted by Crippen LogP contribution is -2.23. The number of hydrogen-bond acceptors (Lipinski definition) is 4. The van der Waals surface area contributed by atoms with Crippen LogP contribution in [0.4, 0.5) is 4.39 Å². The molecule has 1 atom stereocenters. The molecular formula is C18H20FNO4S. The Morgan fingerprint density at radius 2 is 1.92 bits per heavy atom. The van der Waals surface area contributed by atoms with E-state index >= 15 is 0 Å². The molecule has 0 aliphatic carbocycles. The van der Waals surface area contributed by atoms with Gasteiger partial charge in [-0.1, -0.05) is 31.2 Å². The fourth-order valence-electron chi connectivity index (χ4n) is 2.35. The van der Waals surface area contributed by atoms with Crippen LogP contribution < -0.4 is 4.72 Å². The lowest BCUT2D eigenvalue weighted by atomic mass is 10.1. The SMILES string of the molecule is CCNS(=O)(=O)c1ccc(C)c(C(=O)OC(C)c2ccccc2F)c1. The minimum Gasteiger partial charge on any atom is -0.454 e. The predicted molar refractivity (Wildman–Crippen MR) is 92.3 cm³/mol. The number of halogens is 1. The molecule has 134 valence electrons. The second-order valence-electron chi connectivity index (χ2n) is 5.55. The van der Waals surface area contributed by atoms with E-state index in [2.05, 4.69) is 4.72 Å². The minimum absolute atomic E-state index is 0.0227. The summed E-state index contributed by atoms with van der Waals surface area (Å²) < 4.78 is 45.7. The summed E-state index contributed by atoms with van der Waals surface area (Å²) in [5, 5.41) is 0. The van der Waals surface area contributed by atoms with Crippen molar-refractivity contribution in [2.45, 2.75) is 31.8 Å². The van der Waals surface area contributed by atoms with Crippen LogP contribution in [0.5, 0.6) is 0 Å². The van der Waals surface area contributed by atoms with Crippen LogP contribution in [-0.4, -0.2) is 20.9 Å². The molecular weight excluding hydrogens is 345 g/mol. The molecule has 0 radical (unpaired) electrons. The van der Waals surface area contributed by atoms with Crippen LogP contribution in [0.3, 0.4) is 0 Å². The topological polar surface area (TPSA) is 72.5 Å². The van der Waals surface area contributed by atoms with Crippen LogP contribution in [-0.2, 0) is 14.8 Å². The van der Waals surface area contributed by atoms with Crippen molar-refractivity contribution in [3.63, 3.8) is 0 Å². The van der Waals surface area contributed by atoms with Crippen molar-refractivity contribution in [3.05, 3.63) is 65.0 Å². The average Bonchev–Trinajstić information content (AvgIpc) is 2.55. The zero-order valence-electron chi connectivity index (χ0n) is 14.2. The highest BCUT2D eigenvalue weighted by Crippen LogP contribution is 2.23. The smallest absolute Gasteiger partial charge is 0.339 e. The van der Waals surface area contributed by atoms with E-state index in [4.69, 9.17) is 4.74 Å². The average molecular weight is 365 g/mol. The first-order valence-corrected chi connectivity index (χ1v) is 9.30. The Morgan fingerprint density at radius 1 is 1.24 bits per heavy atom. The number of benzene rings is 2. The number of rotatable bonds is 6. The van der Waals surface area contributed by atoms with Crippen molar-refractivity contribution in [1.82, 2.24) is 4.72 Å². The van der Waals surface area contributed by atoms with Gasteiger partial charge < -0.3 is 4.74 Å². The molecule has 2 aromatic carbocycles. The number of sulfonamides is 1. The first-order valence-electron chi connectivity index (χ1n) is 7.82. The second-order valence-corrected chi connectivity index (χ2v) is 7.31. The van der Waals surface area contributed by atoms with Crippen LogP contribution in [0.25, 0.3) is 0 Å². The third kappa shape index (κ3) is 4.43. The van der Waals surface area contributed by atoms with E-state index in [0.29, 0.717) is 5.56 Å². The van der Waals surface area contributed by atoms with Gasteiger partial charge in [-0.2, -0.15) is 0 Å². The molecule has 25 heavy (non-hydrogen) atoms. The van der Waals surface area contributed by atoms with E-state index in [-0.39, 0.29) is 22.6 Å². The Kier molecular flexibility index (Phi) is 5.92. The molecule has 0 spiro atoms. The van der Waals surface area contributed by atoms with Gasteiger partial charge in [0.1, 0.15) is 11.9 Å². The Balaban J connectivity index is 2.29. The highest BCUT2D eigenvalue weighted by atomic mass is 32.2. The number of carbonyl (C=O) groups is 1. The standard InChI is InChI=1S/C18H20FNO4S/c1-4-20-25(22,23)14-10-9-12(2)16(11-14)18(21)24-13(3)15-7-5-6-8-17(15)19/h5-11,13,20H,4H2,1-3H3. The van der Waals surface area contributed by atoms with Crippen LogP contribution >= 0.6 is 0 Å². The molecule has 0 fully saturated rings. The molecule has 2 aromatic rings. The van der Waals surface area contributed by atoms with Crippen molar-refractivity contribution in [3.8, 4) is 0 Å². The Labute approximate surface area is 146 Å². The van der Waals surface area contributed by atoms with Gasteiger partial charge in [-0.3, -0.25) is 0 Å². The molecule has 1 unspecified atom stereocenters. The molecule has 7 heteroatoms. The summed E-state index contributed by atoms with van der Waals surface area (Å²) in [5.74, 6) is -1.18. The quantitative estimate of drug-likeness (QED) is 0.797. The minimum atomic E-state index is -3.69. The van der Waals surface area contributed by atoms with E-state index in [0.717, 1.165) is 0 Å². The lowest BCUT2D eigenvalue weighted by Gasteiger charge is -2.16. The molecule has 0 bridgehead atoms. The van der Waals surface area contributed by atoms with E-state index in [9.17, 15) is 17.6 Å². The highest BCUT2D eigenvalue weighted by Gasteiger charge is 2.21. The largest absolute Gasteiger partial charge is 0.454 e. The fourth-order valence-corrected chi connectivity index (χ4v) is 3.42. The van der Waals surface area contributed by atoms with Gasteiger partial charge in [0.05, 0.1) is 10.5 Å². The summed E-state index contributed by atoms with van der Waals surface area (Å²) in [4.78, 5) is 12.4. The van der Waals surface area contributed by atoms with Gasteiger partial charge in [0.25, 0.3) is 0 Å². The first-order chi connectivity index (χ1) is 11.8. The Bertz CT molecular complexity index is 880. The monoisotopic (exact) mass is 365 g/mol. The molecule has 0 saturated carbocycles. The third-order valence-electron chi connectivity index (χ3n) is 3.70. The van der Waals surface area contributed by atoms with Gasteiger partial charge in [0.15, 0.2) is 0 Å². The summed E-state index contributed by atoms with van der Waals surface area (Å²) in [6.45, 7) is 5.14. The summed E-state index contributed by atoms with van der Waals surface area (Å²) in [7, 11) is -3.69. The lowest BCUT2D eigenvalue weighted by molar-refractivity contribution is 0.0330. The molecule has 2 rings (SSSR count). The molecule has 0 aliphatic rings. The zero-order valence-corrected chi connectivity index (χ0v) is 15.1. The Morgan fingerprint density at radius 3 is 2.56 bits per heavy atom. The molecule has 0 amide bonds. The number of esters is 1. The van der Waals surface area contributed by atoms with E-state index in [1.807, 2.05) is 0 Å². The second kappa shape index (κ2) is 7.76. The van der Waals surface area contributed by atoms with Gasteiger partial charge in [0, 0.05) is 12.1 Å². The van der Waals surface area contributed by atoms with Crippen molar-refractivity contribution < 1.29 is 22.3 Å². The van der Waals surface area contributed by atoms with Crippen LogP contribution in [0, 0.1) is 12.7 Å². The number of aryl methyl sites for hydroxylation is 1. The number of nitrogens with one attached hydrogen (secondary N) is 1. The zero-order chi connectivity index (χ0) is 18.6. The van der Waals surface area contributed by atoms with Gasteiger partial charge >= 0.3 is 5.97 Å². The number of hydrogen-bond donors (Lipinski definition) is 1. The highest BCUT2D eigenvalue weighted by molar-refractivity contribution is 7.89. The van der Waals surface area contributed by atoms with Crippen LogP contribution in [0.1, 0.15) is 41.4 Å². The van der Waals surface area contributed by atoms with Crippen molar-refractivity contribution in [1.29, 1.82) is 0 Å². The maximum absolute atomic E-state index is 13.8. The number of ether oxygens (including phenoxy) is 1. The summed E-state index contributed by atoms with van der Waals surface area (Å²) >= 11 is 0. The van der Waals surface area contributed by atoms with Gasteiger partial charge in [0.2, 0.25) is 10.0 Å². The van der Waals surface area contributed by atoms with Gasteiger partial charge in [-0.05, 0) is 37.6 Å². The van der Waals surface area contributed by atoms with Crippen molar-refractivity contribution in [2.75, 3.05) is 6.54 Å². The summed E-state index contributed by atoms with van der Waals surface area (Å²) in [6, 6.07) is 10.2. The van der Waals surface area contributed by atoms with Crippen molar-refractivity contribution in [2.24, 2.45) is 0 Å². The summed E-state index contributed by atoms with van der Waals surface area (Å²) in [5.41, 5.74) is 0.952. The van der Waals surface area contributed by atoms with E-state index in [1.54, 1.807) is 32.9 Å². The third-order valence-corrected chi connectivity index (χ3v) is 5.24. The number of carbonyl (C=O) groups excluding carboxylic acids is 1. The molecule has 0 heterocycles. The van der Waals surface area contributed by atoms with Gasteiger partial charge in [-0.25, -0.2) is 22.3 Å².